The zero-order valence-electron chi connectivity index (χ0n) is 17.5. The first kappa shape index (κ1) is 34.6. The zero-order valence-corrected chi connectivity index (χ0v) is 20.4. The monoisotopic (exact) mass is 398 g/mol. The molecule has 0 spiro atoms. The second kappa shape index (κ2) is 22.3. The summed E-state index contributed by atoms with van der Waals surface area (Å²) in [4.78, 5) is 0. The Morgan fingerprint density at radius 3 is 1.09 bits per heavy atom. The Bertz CT molecular complexity index is 249. The number of hydrogen-bond donors (Lipinski definition) is 0. The molecule has 0 fully saturated rings. The van der Waals surface area contributed by atoms with E-state index < -0.39 is 0 Å². The Balaban J connectivity index is -0.0000000716. The van der Waals surface area contributed by atoms with Gasteiger partial charge in [-0.25, -0.2) is 0 Å². The molecule has 0 heterocycles. The third-order valence-electron chi connectivity index (χ3n) is 2.15. The van der Waals surface area contributed by atoms with Crippen molar-refractivity contribution < 1.29 is 37.2 Å². The summed E-state index contributed by atoms with van der Waals surface area (Å²) in [7, 11) is 8.00. The van der Waals surface area contributed by atoms with Crippen LogP contribution in [-0.2, 0) is 32.7 Å². The van der Waals surface area contributed by atoms with Crippen molar-refractivity contribution in [3.05, 3.63) is 57.9 Å². The fourth-order valence-corrected chi connectivity index (χ4v) is 1.50. The molecule has 0 bridgehead atoms. The second-order valence-electron chi connectivity index (χ2n) is 6.24. The van der Waals surface area contributed by atoms with E-state index in [9.17, 15) is 0 Å². The minimum atomic E-state index is 0. The number of benzene rings is 1. The summed E-state index contributed by atoms with van der Waals surface area (Å²) >= 11 is 0. The first-order valence-electron chi connectivity index (χ1n) is 8.24. The molecule has 1 aromatic rings. The van der Waals surface area contributed by atoms with Crippen LogP contribution < -0.4 is 0 Å². The number of nitrogens with zero attached hydrogens (tertiary/aromatic N) is 1. The molecule has 23 heavy (non-hydrogen) atoms. The summed E-state index contributed by atoms with van der Waals surface area (Å²) in [6.07, 6.45) is 1.25. The van der Waals surface area contributed by atoms with Gasteiger partial charge in [0.15, 0.2) is 0 Å². The Morgan fingerprint density at radius 2 is 1.00 bits per heavy atom. The smallest absolute Gasteiger partial charge is 0.0361 e. The van der Waals surface area contributed by atoms with Crippen LogP contribution >= 0.6 is 0 Å². The van der Waals surface area contributed by atoms with Gasteiger partial charge in [0.25, 0.3) is 0 Å². The molecule has 1 aromatic carbocycles. The van der Waals surface area contributed by atoms with Gasteiger partial charge >= 0.3 is 0 Å². The molecule has 1 rings (SSSR count). The van der Waals surface area contributed by atoms with Gasteiger partial charge in [0.2, 0.25) is 0 Å². The van der Waals surface area contributed by atoms with Gasteiger partial charge < -0.3 is 11.9 Å². The van der Waals surface area contributed by atoms with Crippen molar-refractivity contribution in [3.63, 3.8) is 0 Å². The van der Waals surface area contributed by atoms with Crippen molar-refractivity contribution in [2.45, 2.75) is 61.8 Å². The van der Waals surface area contributed by atoms with E-state index in [1.807, 2.05) is 50.2 Å². The van der Waals surface area contributed by atoms with Crippen LogP contribution in [0.2, 0.25) is 0 Å². The molecule has 0 N–H and O–H groups in total. The molecule has 0 saturated carbocycles. The SMILES string of the molecule is CC.CCC.[CH2-][N+]([CH2-])(CC)CC(C)(C)C.[CH3-].[Y].c1ccccc1. The van der Waals surface area contributed by atoms with Crippen LogP contribution in [0.3, 0.4) is 0 Å². The van der Waals surface area contributed by atoms with Crippen molar-refractivity contribution in [2.75, 3.05) is 13.1 Å². The van der Waals surface area contributed by atoms with Crippen LogP contribution in [0.4, 0.5) is 0 Å². The standard InChI is InChI=1S/C9H20N.C6H6.C3H8.C2H6.CH3.Y/c1-7-10(5,6)8-9(2,3)4;1-2-4-6-5-3-1;1-3-2;1-2;;/h5-8H2,1-4H3;1-6H;3H2,1-2H3;1-2H3;1H3;/q-1;;;;-1;. The topological polar surface area (TPSA) is 0 Å². The van der Waals surface area contributed by atoms with Gasteiger partial charge in [0.1, 0.15) is 0 Å². The van der Waals surface area contributed by atoms with Crippen LogP contribution in [-0.4, -0.2) is 17.6 Å². The molecule has 2 heteroatoms. The Kier molecular flexibility index (Phi) is 33.5. The van der Waals surface area contributed by atoms with E-state index in [-0.39, 0.29) is 40.1 Å². The molecule has 0 saturated heterocycles. The normalized spacial score (nSPS) is 9.13. The molecule has 0 unspecified atom stereocenters. The van der Waals surface area contributed by atoms with Crippen LogP contribution in [0.25, 0.3) is 0 Å². The fourth-order valence-electron chi connectivity index (χ4n) is 1.50. The van der Waals surface area contributed by atoms with E-state index in [0.29, 0.717) is 9.90 Å². The maximum absolute atomic E-state index is 4.00. The van der Waals surface area contributed by atoms with Gasteiger partial charge in [-0.3, -0.25) is 0 Å². The van der Waals surface area contributed by atoms with Crippen molar-refractivity contribution in [2.24, 2.45) is 5.41 Å². The molecule has 0 aromatic heterocycles. The summed E-state index contributed by atoms with van der Waals surface area (Å²) in [6.45, 7) is 19.0. The van der Waals surface area contributed by atoms with Gasteiger partial charge in [-0.05, 0) is 6.92 Å². The number of quaternary nitrogens is 1. The summed E-state index contributed by atoms with van der Waals surface area (Å²) in [5.41, 5.74) is 0.333. The number of hydrogen-bond acceptors (Lipinski definition) is 0. The average molecular weight is 398 g/mol. The van der Waals surface area contributed by atoms with Gasteiger partial charge in [0, 0.05) is 51.2 Å². The quantitative estimate of drug-likeness (QED) is 0.371. The summed E-state index contributed by atoms with van der Waals surface area (Å²) in [5.74, 6) is 0. The van der Waals surface area contributed by atoms with Gasteiger partial charge in [-0.2, -0.15) is 14.1 Å². The molecule has 0 aliphatic carbocycles. The van der Waals surface area contributed by atoms with Crippen molar-refractivity contribution >= 4 is 0 Å². The molecular weight excluding hydrogens is 355 g/mol. The average Bonchev–Trinajstić information content (AvgIpc) is 2.42. The van der Waals surface area contributed by atoms with E-state index >= 15 is 0 Å². The molecule has 0 amide bonds. The predicted octanol–water partition coefficient (Wildman–Crippen LogP) is 7.03. The maximum Gasteiger partial charge on any atom is 0.0361 e. The molecule has 0 aliphatic rings. The molecule has 1 radical (unpaired) electrons. The largest absolute Gasteiger partial charge is 0.594 e. The molecule has 137 valence electrons. The summed E-state index contributed by atoms with van der Waals surface area (Å²) in [5, 5.41) is 0. The Hall–Kier alpha value is 0.284. The van der Waals surface area contributed by atoms with Gasteiger partial charge in [-0.15, -0.1) is 0 Å². The van der Waals surface area contributed by atoms with Crippen molar-refractivity contribution in [1.82, 2.24) is 0 Å². The summed E-state index contributed by atoms with van der Waals surface area (Å²) < 4.78 is 0.628. The first-order chi connectivity index (χ1) is 9.68. The minimum Gasteiger partial charge on any atom is -0.594 e. The second-order valence-corrected chi connectivity index (χ2v) is 6.24. The predicted molar refractivity (Wildman–Crippen MR) is 106 cm³/mol. The third-order valence-corrected chi connectivity index (χ3v) is 2.15. The Labute approximate surface area is 174 Å². The maximum atomic E-state index is 4.00. The van der Waals surface area contributed by atoms with Crippen molar-refractivity contribution in [1.29, 1.82) is 0 Å². The Morgan fingerprint density at radius 1 is 0.783 bits per heavy atom. The van der Waals surface area contributed by atoms with Crippen LogP contribution in [0.15, 0.2) is 36.4 Å². The van der Waals surface area contributed by atoms with Crippen molar-refractivity contribution in [3.8, 4) is 0 Å². The van der Waals surface area contributed by atoms with E-state index in [2.05, 4.69) is 55.6 Å². The van der Waals surface area contributed by atoms with Crippen LogP contribution in [0, 0.1) is 26.9 Å². The fraction of sp³-hybridized carbons (Fsp3) is 0.571. The van der Waals surface area contributed by atoms with E-state index in [0.717, 1.165) is 13.1 Å². The molecular formula is C21H43NY-2. The third kappa shape index (κ3) is 39.2. The van der Waals surface area contributed by atoms with Crippen LogP contribution in [0.1, 0.15) is 61.8 Å². The minimum absolute atomic E-state index is 0. The molecule has 0 aliphatic heterocycles. The van der Waals surface area contributed by atoms with E-state index in [1.54, 1.807) is 0 Å². The van der Waals surface area contributed by atoms with E-state index in [4.69, 9.17) is 0 Å². The molecule has 1 nitrogen and oxygen atoms in total. The molecule has 0 atom stereocenters. The zero-order chi connectivity index (χ0) is 17.4. The van der Waals surface area contributed by atoms with E-state index in [1.165, 1.54) is 6.42 Å². The first-order valence-corrected chi connectivity index (χ1v) is 8.24. The van der Waals surface area contributed by atoms with Gasteiger partial charge in [-0.1, -0.05) is 91.3 Å². The van der Waals surface area contributed by atoms with Crippen LogP contribution in [0.5, 0.6) is 0 Å². The summed E-state index contributed by atoms with van der Waals surface area (Å²) in [6, 6.07) is 12.0. The number of rotatable bonds is 2. The van der Waals surface area contributed by atoms with Gasteiger partial charge in [0.05, 0.1) is 0 Å².